The molecule has 2 aromatic rings. The van der Waals surface area contributed by atoms with Gasteiger partial charge in [-0.3, -0.25) is 4.99 Å². The molecule has 0 atom stereocenters. The number of furan rings is 2. The van der Waals surface area contributed by atoms with Crippen LogP contribution in [-0.4, -0.2) is 44.2 Å². The first-order valence-corrected chi connectivity index (χ1v) is 8.83. The van der Waals surface area contributed by atoms with Gasteiger partial charge in [-0.25, -0.2) is 0 Å². The Morgan fingerprint density at radius 1 is 1.28 bits per heavy atom. The third-order valence-electron chi connectivity index (χ3n) is 3.88. The molecule has 0 radical (unpaired) electrons. The molecule has 2 aromatic heterocycles. The highest BCUT2D eigenvalue weighted by Gasteiger charge is 2.10. The van der Waals surface area contributed by atoms with Crippen molar-refractivity contribution in [3.05, 3.63) is 47.8 Å². The molecule has 2 heterocycles. The van der Waals surface area contributed by atoms with E-state index in [2.05, 4.69) is 10.2 Å². The molecule has 0 amide bonds. The second kappa shape index (κ2) is 10.6. The lowest BCUT2D eigenvalue weighted by atomic mass is 10.2. The van der Waals surface area contributed by atoms with Crippen molar-refractivity contribution in [2.24, 2.45) is 4.99 Å². The molecule has 0 fully saturated rings. The number of nitrogens with zero attached hydrogens (tertiary/aromatic N) is 2. The Hall–Kier alpha value is -2.21. The second-order valence-electron chi connectivity index (χ2n) is 5.87. The van der Waals surface area contributed by atoms with Crippen molar-refractivity contribution in [2.45, 2.75) is 33.2 Å². The number of guanidine groups is 1. The molecule has 0 bridgehead atoms. The van der Waals surface area contributed by atoms with Crippen LogP contribution in [0.2, 0.25) is 0 Å². The average molecular weight is 347 g/mol. The van der Waals surface area contributed by atoms with Gasteiger partial charge in [0.2, 0.25) is 0 Å². The quantitative estimate of drug-likeness (QED) is 0.406. The second-order valence-corrected chi connectivity index (χ2v) is 5.87. The zero-order chi connectivity index (χ0) is 17.9. The lowest BCUT2D eigenvalue weighted by molar-refractivity contribution is 0.146. The first-order chi connectivity index (χ1) is 12.2. The van der Waals surface area contributed by atoms with Crippen LogP contribution >= 0.6 is 0 Å². The molecule has 0 spiro atoms. The third-order valence-corrected chi connectivity index (χ3v) is 3.88. The van der Waals surface area contributed by atoms with Gasteiger partial charge in [-0.15, -0.1) is 0 Å². The fourth-order valence-electron chi connectivity index (χ4n) is 2.47. The van der Waals surface area contributed by atoms with E-state index in [0.29, 0.717) is 0 Å². The first-order valence-electron chi connectivity index (χ1n) is 8.83. The van der Waals surface area contributed by atoms with Crippen molar-refractivity contribution in [2.75, 3.05) is 33.4 Å². The minimum atomic E-state index is 0.734. The highest BCUT2D eigenvalue weighted by Crippen LogP contribution is 2.11. The Morgan fingerprint density at radius 3 is 2.84 bits per heavy atom. The van der Waals surface area contributed by atoms with E-state index in [1.54, 1.807) is 12.5 Å². The first kappa shape index (κ1) is 19.1. The van der Waals surface area contributed by atoms with Gasteiger partial charge in [0.25, 0.3) is 0 Å². The van der Waals surface area contributed by atoms with E-state index in [1.165, 1.54) is 0 Å². The zero-order valence-corrected chi connectivity index (χ0v) is 15.5. The molecular weight excluding hydrogens is 318 g/mol. The maximum atomic E-state index is 5.38. The summed E-state index contributed by atoms with van der Waals surface area (Å²) in [5.41, 5.74) is 1.16. The van der Waals surface area contributed by atoms with Gasteiger partial charge >= 0.3 is 0 Å². The van der Waals surface area contributed by atoms with E-state index in [1.807, 2.05) is 39.1 Å². The van der Waals surface area contributed by atoms with E-state index in [9.17, 15) is 0 Å². The van der Waals surface area contributed by atoms with Crippen molar-refractivity contribution in [1.82, 2.24) is 10.2 Å². The van der Waals surface area contributed by atoms with Gasteiger partial charge in [0.1, 0.15) is 11.5 Å². The predicted octanol–water partition coefficient (Wildman–Crippen LogP) is 3.23. The van der Waals surface area contributed by atoms with Crippen molar-refractivity contribution in [1.29, 1.82) is 0 Å². The fourth-order valence-corrected chi connectivity index (χ4v) is 2.47. The maximum Gasteiger partial charge on any atom is 0.193 e. The minimum absolute atomic E-state index is 0.734. The SMILES string of the molecule is CCOCCCN=C(NCCc1ccco1)N(C)Cc1ccoc1C. The minimum Gasteiger partial charge on any atom is -0.469 e. The van der Waals surface area contributed by atoms with Gasteiger partial charge in [0, 0.05) is 51.9 Å². The van der Waals surface area contributed by atoms with Gasteiger partial charge in [-0.2, -0.15) is 0 Å². The molecule has 0 aliphatic rings. The summed E-state index contributed by atoms with van der Waals surface area (Å²) < 4.78 is 16.1. The number of aryl methyl sites for hydroxylation is 1. The van der Waals surface area contributed by atoms with Gasteiger partial charge < -0.3 is 23.8 Å². The Kier molecular flexibility index (Phi) is 8.12. The number of hydrogen-bond donors (Lipinski definition) is 1. The summed E-state index contributed by atoms with van der Waals surface area (Å²) in [5.74, 6) is 2.79. The monoisotopic (exact) mass is 347 g/mol. The summed E-state index contributed by atoms with van der Waals surface area (Å²) in [7, 11) is 2.04. The summed E-state index contributed by atoms with van der Waals surface area (Å²) in [6.45, 7) is 7.73. The topological polar surface area (TPSA) is 63.1 Å². The molecule has 6 heteroatoms. The van der Waals surface area contributed by atoms with Crippen molar-refractivity contribution in [3.8, 4) is 0 Å². The Labute approximate surface area is 149 Å². The van der Waals surface area contributed by atoms with E-state index in [4.69, 9.17) is 18.6 Å². The number of aliphatic imine (C=N–C) groups is 1. The molecule has 0 saturated heterocycles. The third kappa shape index (κ3) is 6.66. The number of ether oxygens (including phenoxy) is 1. The Morgan fingerprint density at radius 2 is 2.16 bits per heavy atom. The van der Waals surface area contributed by atoms with Crippen LogP contribution < -0.4 is 5.32 Å². The van der Waals surface area contributed by atoms with E-state index in [0.717, 1.165) is 68.7 Å². The lowest BCUT2D eigenvalue weighted by Crippen LogP contribution is -2.39. The lowest BCUT2D eigenvalue weighted by Gasteiger charge is -2.22. The molecule has 6 nitrogen and oxygen atoms in total. The van der Waals surface area contributed by atoms with E-state index in [-0.39, 0.29) is 0 Å². The van der Waals surface area contributed by atoms with Crippen LogP contribution in [0.1, 0.15) is 30.4 Å². The number of rotatable bonds is 10. The van der Waals surface area contributed by atoms with E-state index < -0.39 is 0 Å². The van der Waals surface area contributed by atoms with Crippen molar-refractivity contribution >= 4 is 5.96 Å². The van der Waals surface area contributed by atoms with E-state index >= 15 is 0 Å². The molecule has 0 aromatic carbocycles. The molecule has 0 aliphatic heterocycles. The van der Waals surface area contributed by atoms with Crippen molar-refractivity contribution < 1.29 is 13.6 Å². The Balaban J connectivity index is 1.89. The highest BCUT2D eigenvalue weighted by molar-refractivity contribution is 5.79. The largest absolute Gasteiger partial charge is 0.469 e. The fraction of sp³-hybridized carbons (Fsp3) is 0.526. The summed E-state index contributed by atoms with van der Waals surface area (Å²) >= 11 is 0. The van der Waals surface area contributed by atoms with Crippen molar-refractivity contribution in [3.63, 3.8) is 0 Å². The van der Waals surface area contributed by atoms with Crippen LogP contribution in [0.3, 0.4) is 0 Å². The van der Waals surface area contributed by atoms with Crippen LogP contribution in [0, 0.1) is 6.92 Å². The van der Waals surface area contributed by atoms with Crippen LogP contribution in [-0.2, 0) is 17.7 Å². The average Bonchev–Trinajstić information content (AvgIpc) is 3.25. The molecule has 0 saturated carbocycles. The molecular formula is C19H29N3O3. The molecule has 25 heavy (non-hydrogen) atoms. The summed E-state index contributed by atoms with van der Waals surface area (Å²) in [6.07, 6.45) is 5.16. The van der Waals surface area contributed by atoms with Gasteiger partial charge in [-0.1, -0.05) is 0 Å². The van der Waals surface area contributed by atoms with Crippen LogP contribution in [0.15, 0.2) is 44.6 Å². The summed E-state index contributed by atoms with van der Waals surface area (Å²) in [4.78, 5) is 6.83. The number of nitrogens with one attached hydrogen (secondary N) is 1. The normalized spacial score (nSPS) is 11.7. The molecule has 0 unspecified atom stereocenters. The van der Waals surface area contributed by atoms with Gasteiger partial charge in [-0.05, 0) is 38.5 Å². The summed E-state index contributed by atoms with van der Waals surface area (Å²) in [5, 5.41) is 3.43. The number of hydrogen-bond acceptors (Lipinski definition) is 4. The molecule has 1 N–H and O–H groups in total. The molecule has 2 rings (SSSR count). The van der Waals surface area contributed by atoms with Gasteiger partial charge in [0.15, 0.2) is 5.96 Å². The van der Waals surface area contributed by atoms with Gasteiger partial charge in [0.05, 0.1) is 12.5 Å². The summed E-state index contributed by atoms with van der Waals surface area (Å²) in [6, 6.07) is 5.90. The smallest absolute Gasteiger partial charge is 0.193 e. The van der Waals surface area contributed by atoms with Crippen LogP contribution in [0.25, 0.3) is 0 Å². The Bertz CT molecular complexity index is 620. The molecule has 0 aliphatic carbocycles. The van der Waals surface area contributed by atoms with Crippen LogP contribution in [0.5, 0.6) is 0 Å². The predicted molar refractivity (Wildman–Crippen MR) is 98.7 cm³/mol. The standard InChI is InChI=1S/C19H29N3O3/c1-4-23-12-6-10-20-19(21-11-8-18-7-5-13-25-18)22(3)15-17-9-14-24-16(17)2/h5,7,9,13-14H,4,6,8,10-12,15H2,1-3H3,(H,20,21). The maximum absolute atomic E-state index is 5.38. The van der Waals surface area contributed by atoms with Crippen LogP contribution in [0.4, 0.5) is 0 Å². The highest BCUT2D eigenvalue weighted by atomic mass is 16.5. The molecule has 138 valence electrons. The zero-order valence-electron chi connectivity index (χ0n) is 15.5.